The third-order valence-electron chi connectivity index (χ3n) is 2.64. The lowest BCUT2D eigenvalue weighted by Gasteiger charge is -2.11. The van der Waals surface area contributed by atoms with Crippen molar-refractivity contribution in [2.75, 3.05) is 26.6 Å². The van der Waals surface area contributed by atoms with Crippen LogP contribution in [0, 0.1) is 0 Å². The van der Waals surface area contributed by atoms with E-state index in [-0.39, 0.29) is 0 Å². The number of rotatable bonds is 4. The average molecular weight is 232 g/mol. The fourth-order valence-electron chi connectivity index (χ4n) is 1.87. The molecule has 4 heteroatoms. The number of nitrogens with one attached hydrogen (secondary N) is 1. The zero-order valence-corrected chi connectivity index (χ0v) is 10.3. The molecular weight excluding hydrogens is 216 g/mol. The van der Waals surface area contributed by atoms with E-state index in [1.807, 2.05) is 31.3 Å². The molecule has 0 aliphatic carbocycles. The maximum atomic E-state index is 5.33. The van der Waals surface area contributed by atoms with Crippen LogP contribution in [0.1, 0.15) is 5.69 Å². The fraction of sp³-hybridized carbons (Fsp3) is 0.308. The summed E-state index contributed by atoms with van der Waals surface area (Å²) in [6.45, 7) is 0.489. The molecule has 1 heterocycles. The van der Waals surface area contributed by atoms with Gasteiger partial charge in [-0.05, 0) is 12.1 Å². The molecule has 0 fully saturated rings. The Bertz CT molecular complexity index is 526. The molecule has 0 saturated heterocycles. The Kier molecular flexibility index (Phi) is 3.44. The SMILES string of the molecule is CNc1cc(COC)nc2c(OC)cccc12. The molecule has 90 valence electrons. The van der Waals surface area contributed by atoms with E-state index in [9.17, 15) is 0 Å². The first-order valence-electron chi connectivity index (χ1n) is 5.43. The zero-order valence-electron chi connectivity index (χ0n) is 10.3. The second-order valence-corrected chi connectivity index (χ2v) is 3.70. The van der Waals surface area contributed by atoms with Crippen LogP contribution in [0.3, 0.4) is 0 Å². The summed E-state index contributed by atoms with van der Waals surface area (Å²) in [7, 11) is 5.20. The van der Waals surface area contributed by atoms with Gasteiger partial charge in [-0.2, -0.15) is 0 Å². The zero-order chi connectivity index (χ0) is 12.3. The Morgan fingerprint density at radius 2 is 2.12 bits per heavy atom. The molecule has 2 aromatic rings. The lowest BCUT2D eigenvalue weighted by Crippen LogP contribution is -1.99. The van der Waals surface area contributed by atoms with E-state index in [1.165, 1.54) is 0 Å². The van der Waals surface area contributed by atoms with Crippen molar-refractivity contribution in [3.8, 4) is 5.75 Å². The summed E-state index contributed by atoms with van der Waals surface area (Å²) >= 11 is 0. The van der Waals surface area contributed by atoms with Gasteiger partial charge in [-0.15, -0.1) is 0 Å². The van der Waals surface area contributed by atoms with Gasteiger partial charge >= 0.3 is 0 Å². The van der Waals surface area contributed by atoms with E-state index < -0.39 is 0 Å². The Labute approximate surface area is 101 Å². The topological polar surface area (TPSA) is 43.4 Å². The number of methoxy groups -OCH3 is 2. The molecule has 0 saturated carbocycles. The van der Waals surface area contributed by atoms with Crippen LogP contribution in [-0.2, 0) is 11.3 Å². The minimum absolute atomic E-state index is 0.489. The maximum Gasteiger partial charge on any atom is 0.145 e. The van der Waals surface area contributed by atoms with E-state index in [0.29, 0.717) is 6.61 Å². The van der Waals surface area contributed by atoms with E-state index >= 15 is 0 Å². The number of hydrogen-bond donors (Lipinski definition) is 1. The Hall–Kier alpha value is -1.81. The van der Waals surface area contributed by atoms with Gasteiger partial charge in [0.2, 0.25) is 0 Å². The maximum absolute atomic E-state index is 5.33. The molecule has 0 atom stereocenters. The van der Waals surface area contributed by atoms with Gasteiger partial charge in [-0.1, -0.05) is 12.1 Å². The quantitative estimate of drug-likeness (QED) is 0.879. The summed E-state index contributed by atoms with van der Waals surface area (Å²) in [4.78, 5) is 4.55. The van der Waals surface area contributed by atoms with Crippen molar-refractivity contribution in [2.45, 2.75) is 6.61 Å². The summed E-state index contributed by atoms with van der Waals surface area (Å²) in [5.74, 6) is 0.775. The highest BCUT2D eigenvalue weighted by Crippen LogP contribution is 2.29. The van der Waals surface area contributed by atoms with Gasteiger partial charge in [0, 0.05) is 25.2 Å². The third-order valence-corrected chi connectivity index (χ3v) is 2.64. The van der Waals surface area contributed by atoms with Crippen LogP contribution in [0.4, 0.5) is 5.69 Å². The average Bonchev–Trinajstić information content (AvgIpc) is 2.37. The molecule has 2 rings (SSSR count). The van der Waals surface area contributed by atoms with Crippen LogP contribution in [0.15, 0.2) is 24.3 Å². The molecule has 0 aliphatic heterocycles. The van der Waals surface area contributed by atoms with E-state index in [4.69, 9.17) is 9.47 Å². The minimum Gasteiger partial charge on any atom is -0.494 e. The molecule has 0 bridgehead atoms. The number of nitrogens with zero attached hydrogens (tertiary/aromatic N) is 1. The minimum atomic E-state index is 0.489. The largest absolute Gasteiger partial charge is 0.494 e. The molecule has 1 aromatic heterocycles. The van der Waals surface area contributed by atoms with Crippen molar-refractivity contribution in [3.05, 3.63) is 30.0 Å². The van der Waals surface area contributed by atoms with Crippen molar-refractivity contribution in [1.29, 1.82) is 0 Å². The van der Waals surface area contributed by atoms with Crippen molar-refractivity contribution < 1.29 is 9.47 Å². The number of pyridine rings is 1. The van der Waals surface area contributed by atoms with Crippen LogP contribution in [-0.4, -0.2) is 26.3 Å². The fourth-order valence-corrected chi connectivity index (χ4v) is 1.87. The van der Waals surface area contributed by atoms with Gasteiger partial charge in [-0.3, -0.25) is 0 Å². The molecule has 4 nitrogen and oxygen atoms in total. The predicted octanol–water partition coefficient (Wildman–Crippen LogP) is 2.43. The number of hydrogen-bond acceptors (Lipinski definition) is 4. The third kappa shape index (κ3) is 2.17. The second kappa shape index (κ2) is 5.01. The molecule has 17 heavy (non-hydrogen) atoms. The van der Waals surface area contributed by atoms with Crippen molar-refractivity contribution >= 4 is 16.6 Å². The Morgan fingerprint density at radius 3 is 2.76 bits per heavy atom. The van der Waals surface area contributed by atoms with E-state index in [2.05, 4.69) is 10.3 Å². The smallest absolute Gasteiger partial charge is 0.145 e. The number of para-hydroxylation sites is 1. The summed E-state index contributed by atoms with van der Waals surface area (Å²) < 4.78 is 10.4. The Morgan fingerprint density at radius 1 is 1.29 bits per heavy atom. The summed E-state index contributed by atoms with van der Waals surface area (Å²) in [5, 5.41) is 4.22. The number of benzene rings is 1. The number of ether oxygens (including phenoxy) is 2. The molecule has 0 amide bonds. The number of anilines is 1. The van der Waals surface area contributed by atoms with Crippen LogP contribution in [0.25, 0.3) is 10.9 Å². The standard InChI is InChI=1S/C13H16N2O2/c1-14-11-7-9(8-16-2)15-13-10(11)5-4-6-12(13)17-3/h4-7H,8H2,1-3H3,(H,14,15). The molecule has 0 unspecified atom stereocenters. The number of aromatic nitrogens is 1. The van der Waals surface area contributed by atoms with Crippen molar-refractivity contribution in [1.82, 2.24) is 4.98 Å². The first-order chi connectivity index (χ1) is 8.30. The molecule has 0 spiro atoms. The number of fused-ring (bicyclic) bond motifs is 1. The van der Waals surface area contributed by atoms with Gasteiger partial charge in [0.1, 0.15) is 11.3 Å². The van der Waals surface area contributed by atoms with Gasteiger partial charge < -0.3 is 14.8 Å². The van der Waals surface area contributed by atoms with E-state index in [0.717, 1.165) is 28.0 Å². The van der Waals surface area contributed by atoms with Gasteiger partial charge in [0.15, 0.2) is 0 Å². The highest BCUT2D eigenvalue weighted by Gasteiger charge is 2.08. The first kappa shape index (κ1) is 11.7. The van der Waals surface area contributed by atoms with Gasteiger partial charge in [-0.25, -0.2) is 4.98 Å². The lowest BCUT2D eigenvalue weighted by atomic mass is 10.1. The normalized spacial score (nSPS) is 10.5. The highest BCUT2D eigenvalue weighted by atomic mass is 16.5. The molecule has 0 radical (unpaired) electrons. The summed E-state index contributed by atoms with van der Waals surface area (Å²) in [6, 6.07) is 7.88. The van der Waals surface area contributed by atoms with Crippen LogP contribution < -0.4 is 10.1 Å². The predicted molar refractivity (Wildman–Crippen MR) is 68.6 cm³/mol. The molecule has 1 N–H and O–H groups in total. The van der Waals surface area contributed by atoms with Gasteiger partial charge in [0.05, 0.1) is 19.4 Å². The van der Waals surface area contributed by atoms with Crippen LogP contribution in [0.2, 0.25) is 0 Å². The monoisotopic (exact) mass is 232 g/mol. The van der Waals surface area contributed by atoms with Gasteiger partial charge in [0.25, 0.3) is 0 Å². The lowest BCUT2D eigenvalue weighted by molar-refractivity contribution is 0.182. The summed E-state index contributed by atoms with van der Waals surface area (Å²) in [6.07, 6.45) is 0. The van der Waals surface area contributed by atoms with Crippen molar-refractivity contribution in [3.63, 3.8) is 0 Å². The van der Waals surface area contributed by atoms with Crippen LogP contribution >= 0.6 is 0 Å². The molecular formula is C13H16N2O2. The second-order valence-electron chi connectivity index (χ2n) is 3.70. The summed E-state index contributed by atoms with van der Waals surface area (Å²) in [5.41, 5.74) is 2.77. The first-order valence-corrected chi connectivity index (χ1v) is 5.43. The Balaban J connectivity index is 2.68. The van der Waals surface area contributed by atoms with E-state index in [1.54, 1.807) is 14.2 Å². The highest BCUT2D eigenvalue weighted by molar-refractivity contribution is 5.95. The molecule has 1 aromatic carbocycles. The van der Waals surface area contributed by atoms with Crippen molar-refractivity contribution in [2.24, 2.45) is 0 Å². The molecule has 0 aliphatic rings. The van der Waals surface area contributed by atoms with Crippen LogP contribution in [0.5, 0.6) is 5.75 Å².